The minimum atomic E-state index is 0.230. The van der Waals surface area contributed by atoms with Crippen molar-refractivity contribution >= 4 is 11.0 Å². The van der Waals surface area contributed by atoms with Crippen LogP contribution < -0.4 is 5.32 Å². The van der Waals surface area contributed by atoms with Crippen LogP contribution in [-0.4, -0.2) is 12.1 Å². The van der Waals surface area contributed by atoms with Crippen LogP contribution in [-0.2, 0) is 6.42 Å². The van der Waals surface area contributed by atoms with Gasteiger partial charge in [-0.25, -0.2) is 0 Å². The lowest BCUT2D eigenvalue weighted by Gasteiger charge is -2.22. The van der Waals surface area contributed by atoms with Crippen LogP contribution >= 0.6 is 0 Å². The first kappa shape index (κ1) is 9.91. The second-order valence-electron chi connectivity index (χ2n) is 5.02. The Labute approximate surface area is 95.6 Å². The van der Waals surface area contributed by atoms with Crippen LogP contribution in [0.3, 0.4) is 0 Å². The third-order valence-electron chi connectivity index (χ3n) is 3.50. The molecule has 3 rings (SSSR count). The summed E-state index contributed by atoms with van der Waals surface area (Å²) >= 11 is 0. The van der Waals surface area contributed by atoms with Crippen molar-refractivity contribution in [2.75, 3.05) is 6.54 Å². The summed E-state index contributed by atoms with van der Waals surface area (Å²) in [5.41, 5.74) is 1.23. The molecule has 0 bridgehead atoms. The fourth-order valence-electron chi connectivity index (χ4n) is 2.62. The fraction of sp³-hybridized carbons (Fsp3) is 0.429. The number of para-hydroxylation sites is 1. The molecule has 0 amide bonds. The van der Waals surface area contributed by atoms with Gasteiger partial charge in [0.25, 0.3) is 0 Å². The van der Waals surface area contributed by atoms with E-state index in [-0.39, 0.29) is 5.54 Å². The number of hydrogen-bond acceptors (Lipinski definition) is 2. The lowest BCUT2D eigenvalue weighted by atomic mass is 9.94. The minimum absolute atomic E-state index is 0.230. The molecule has 0 radical (unpaired) electrons. The molecule has 1 saturated heterocycles. The Balaban J connectivity index is 1.89. The van der Waals surface area contributed by atoms with Crippen LogP contribution in [0.4, 0.5) is 0 Å². The quantitative estimate of drug-likeness (QED) is 0.832. The summed E-state index contributed by atoms with van der Waals surface area (Å²) in [6.45, 7) is 3.42. The lowest BCUT2D eigenvalue weighted by molar-refractivity contribution is 0.377. The summed E-state index contributed by atoms with van der Waals surface area (Å²) in [4.78, 5) is 0. The highest BCUT2D eigenvalue weighted by atomic mass is 16.3. The highest BCUT2D eigenvalue weighted by Crippen LogP contribution is 2.27. The monoisotopic (exact) mass is 215 g/mol. The molecule has 1 atom stereocenters. The van der Waals surface area contributed by atoms with Crippen LogP contribution in [0.25, 0.3) is 11.0 Å². The number of furan rings is 1. The molecule has 2 nitrogen and oxygen atoms in total. The molecule has 84 valence electrons. The Hall–Kier alpha value is -1.28. The van der Waals surface area contributed by atoms with E-state index >= 15 is 0 Å². The van der Waals surface area contributed by atoms with Crippen molar-refractivity contribution in [1.82, 2.24) is 5.32 Å². The highest BCUT2D eigenvalue weighted by Gasteiger charge is 2.29. The van der Waals surface area contributed by atoms with E-state index in [1.54, 1.807) is 0 Å². The van der Waals surface area contributed by atoms with E-state index in [4.69, 9.17) is 4.42 Å². The highest BCUT2D eigenvalue weighted by molar-refractivity contribution is 5.77. The molecule has 0 saturated carbocycles. The second-order valence-corrected chi connectivity index (χ2v) is 5.02. The molecule has 2 heterocycles. The van der Waals surface area contributed by atoms with Gasteiger partial charge in [-0.2, -0.15) is 0 Å². The molecule has 2 aromatic rings. The molecule has 1 aromatic carbocycles. The van der Waals surface area contributed by atoms with Crippen molar-refractivity contribution in [1.29, 1.82) is 0 Å². The average molecular weight is 215 g/mol. The SMILES string of the molecule is CC1(Cc2cc3ccccc3o2)CCCN1. The molecule has 0 aliphatic carbocycles. The van der Waals surface area contributed by atoms with Crippen molar-refractivity contribution in [2.45, 2.75) is 31.7 Å². The number of fused-ring (bicyclic) bond motifs is 1. The maximum absolute atomic E-state index is 5.86. The van der Waals surface area contributed by atoms with Gasteiger partial charge < -0.3 is 9.73 Å². The molecule has 0 spiro atoms. The second kappa shape index (κ2) is 3.63. The first-order valence-electron chi connectivity index (χ1n) is 5.98. The lowest BCUT2D eigenvalue weighted by Crippen LogP contribution is -2.38. The molecule has 1 fully saturated rings. The van der Waals surface area contributed by atoms with Gasteiger partial charge in [-0.15, -0.1) is 0 Å². The maximum atomic E-state index is 5.86. The van der Waals surface area contributed by atoms with Crippen molar-refractivity contribution in [3.8, 4) is 0 Å². The van der Waals surface area contributed by atoms with Crippen molar-refractivity contribution in [3.63, 3.8) is 0 Å². The molecule has 16 heavy (non-hydrogen) atoms. The smallest absolute Gasteiger partial charge is 0.134 e. The molecular formula is C14H17NO. The van der Waals surface area contributed by atoms with Gasteiger partial charge in [0.1, 0.15) is 11.3 Å². The Morgan fingerprint density at radius 2 is 2.25 bits per heavy atom. The molecule has 1 aromatic heterocycles. The summed E-state index contributed by atoms with van der Waals surface area (Å²) in [7, 11) is 0. The molecule has 1 aliphatic heterocycles. The largest absolute Gasteiger partial charge is 0.461 e. The Bertz CT molecular complexity index is 461. The molecule has 1 unspecified atom stereocenters. The van der Waals surface area contributed by atoms with Gasteiger partial charge in [0, 0.05) is 17.3 Å². The third-order valence-corrected chi connectivity index (χ3v) is 3.50. The number of nitrogens with one attached hydrogen (secondary N) is 1. The Kier molecular flexibility index (Phi) is 2.25. The zero-order valence-corrected chi connectivity index (χ0v) is 9.62. The molecule has 2 heteroatoms. The first-order valence-corrected chi connectivity index (χ1v) is 5.98. The topological polar surface area (TPSA) is 25.2 Å². The molecule has 1 N–H and O–H groups in total. The predicted molar refractivity (Wildman–Crippen MR) is 65.6 cm³/mol. The van der Waals surface area contributed by atoms with Crippen LogP contribution in [0.1, 0.15) is 25.5 Å². The minimum Gasteiger partial charge on any atom is -0.461 e. The van der Waals surface area contributed by atoms with Gasteiger partial charge >= 0.3 is 0 Å². The van der Waals surface area contributed by atoms with E-state index in [0.29, 0.717) is 0 Å². The fourth-order valence-corrected chi connectivity index (χ4v) is 2.62. The van der Waals surface area contributed by atoms with Gasteiger partial charge in [-0.1, -0.05) is 18.2 Å². The van der Waals surface area contributed by atoms with Gasteiger partial charge in [0.15, 0.2) is 0 Å². The van der Waals surface area contributed by atoms with Gasteiger partial charge in [0.05, 0.1) is 0 Å². The Morgan fingerprint density at radius 1 is 1.38 bits per heavy atom. The summed E-state index contributed by atoms with van der Waals surface area (Å²) in [5, 5.41) is 4.77. The first-order chi connectivity index (χ1) is 7.75. The number of benzene rings is 1. The molecule has 1 aliphatic rings. The summed E-state index contributed by atoms with van der Waals surface area (Å²) < 4.78 is 5.86. The van der Waals surface area contributed by atoms with Crippen molar-refractivity contribution in [3.05, 3.63) is 36.1 Å². The third kappa shape index (κ3) is 1.74. The van der Waals surface area contributed by atoms with Gasteiger partial charge in [-0.05, 0) is 38.4 Å². The zero-order valence-electron chi connectivity index (χ0n) is 9.62. The van der Waals surface area contributed by atoms with Gasteiger partial charge in [0.2, 0.25) is 0 Å². The molecular weight excluding hydrogens is 198 g/mol. The normalized spacial score (nSPS) is 25.3. The average Bonchev–Trinajstić information content (AvgIpc) is 2.84. The van der Waals surface area contributed by atoms with E-state index in [9.17, 15) is 0 Å². The van der Waals surface area contributed by atoms with Crippen molar-refractivity contribution < 1.29 is 4.42 Å². The zero-order chi connectivity index (χ0) is 11.0. The summed E-state index contributed by atoms with van der Waals surface area (Å²) in [5.74, 6) is 1.10. The van der Waals surface area contributed by atoms with Gasteiger partial charge in [-0.3, -0.25) is 0 Å². The number of hydrogen-bond donors (Lipinski definition) is 1. The van der Waals surface area contributed by atoms with E-state index < -0.39 is 0 Å². The maximum Gasteiger partial charge on any atom is 0.134 e. The summed E-state index contributed by atoms with van der Waals surface area (Å²) in [6, 6.07) is 10.4. The van der Waals surface area contributed by atoms with Crippen LogP contribution in [0, 0.1) is 0 Å². The van der Waals surface area contributed by atoms with Crippen molar-refractivity contribution in [2.24, 2.45) is 0 Å². The summed E-state index contributed by atoms with van der Waals surface area (Å²) in [6.07, 6.45) is 3.50. The predicted octanol–water partition coefficient (Wildman–Crippen LogP) is 3.12. The standard InChI is InChI=1S/C14H17NO/c1-14(7-4-8-15-14)10-12-9-11-5-2-3-6-13(11)16-12/h2-3,5-6,9,15H,4,7-8,10H2,1H3. The van der Waals surface area contributed by atoms with E-state index in [2.05, 4.69) is 30.4 Å². The van der Waals surface area contributed by atoms with E-state index in [1.807, 2.05) is 12.1 Å². The van der Waals surface area contributed by atoms with Crippen LogP contribution in [0.2, 0.25) is 0 Å². The van der Waals surface area contributed by atoms with Crippen LogP contribution in [0.5, 0.6) is 0 Å². The number of rotatable bonds is 2. The Morgan fingerprint density at radius 3 is 3.00 bits per heavy atom. The van der Waals surface area contributed by atoms with Crippen LogP contribution in [0.15, 0.2) is 34.7 Å². The van der Waals surface area contributed by atoms with E-state index in [0.717, 1.165) is 24.3 Å². The van der Waals surface area contributed by atoms with E-state index in [1.165, 1.54) is 18.2 Å².